The zero-order valence-corrected chi connectivity index (χ0v) is 20.5. The number of imide groups is 1. The van der Waals surface area contributed by atoms with Crippen molar-refractivity contribution >= 4 is 33.6 Å². The first kappa shape index (κ1) is 24.7. The van der Waals surface area contributed by atoms with Gasteiger partial charge in [0.2, 0.25) is 15.9 Å². The summed E-state index contributed by atoms with van der Waals surface area (Å²) in [6.45, 7) is 0.199. The third-order valence-electron chi connectivity index (χ3n) is 7.39. The van der Waals surface area contributed by atoms with E-state index in [0.717, 1.165) is 44.9 Å². The summed E-state index contributed by atoms with van der Waals surface area (Å²) in [5.74, 6) is -0.428. The summed E-state index contributed by atoms with van der Waals surface area (Å²) < 4.78 is 27.4. The van der Waals surface area contributed by atoms with Crippen molar-refractivity contribution < 1.29 is 22.8 Å². The molecule has 2 saturated carbocycles. The molecule has 34 heavy (non-hydrogen) atoms. The summed E-state index contributed by atoms with van der Waals surface area (Å²) in [6.07, 6.45) is 8.74. The number of hydrogen-bond acceptors (Lipinski definition) is 5. The van der Waals surface area contributed by atoms with Crippen LogP contribution in [0.25, 0.3) is 0 Å². The first-order chi connectivity index (χ1) is 16.2. The van der Waals surface area contributed by atoms with Crippen LogP contribution >= 0.6 is 0 Å². The molecule has 1 saturated heterocycles. The number of sulfonamides is 1. The SMILES string of the molecule is CN(C1CCCCC1)S(=O)(=O)c1ccc(NC(=O)CCCN2C(=O)NC3(CCCC3)C2=O)cc1. The van der Waals surface area contributed by atoms with Gasteiger partial charge in [-0.3, -0.25) is 14.5 Å². The second-order valence-electron chi connectivity index (χ2n) is 9.67. The Morgan fingerprint density at radius 1 is 1.09 bits per heavy atom. The van der Waals surface area contributed by atoms with Crippen molar-refractivity contribution in [1.29, 1.82) is 0 Å². The zero-order valence-electron chi connectivity index (χ0n) is 19.7. The Kier molecular flexibility index (Phi) is 7.28. The van der Waals surface area contributed by atoms with Gasteiger partial charge in [-0.15, -0.1) is 0 Å². The number of benzene rings is 1. The van der Waals surface area contributed by atoms with E-state index in [2.05, 4.69) is 10.6 Å². The molecule has 1 aliphatic heterocycles. The molecule has 4 amide bonds. The largest absolute Gasteiger partial charge is 0.326 e. The molecule has 9 nitrogen and oxygen atoms in total. The van der Waals surface area contributed by atoms with Crippen LogP contribution < -0.4 is 10.6 Å². The minimum atomic E-state index is -3.58. The van der Waals surface area contributed by atoms with Crippen LogP contribution in [0.4, 0.5) is 10.5 Å². The number of amides is 4. The van der Waals surface area contributed by atoms with E-state index in [1.807, 2.05) is 0 Å². The Hall–Kier alpha value is -2.46. The molecule has 3 fully saturated rings. The molecule has 1 heterocycles. The summed E-state index contributed by atoms with van der Waals surface area (Å²) >= 11 is 0. The average Bonchev–Trinajstić information content (AvgIpc) is 3.39. The molecule has 1 aromatic rings. The summed E-state index contributed by atoms with van der Waals surface area (Å²) in [7, 11) is -1.94. The lowest BCUT2D eigenvalue weighted by molar-refractivity contribution is -0.131. The third-order valence-corrected chi connectivity index (χ3v) is 9.32. The Bertz CT molecular complexity index is 1030. The first-order valence-corrected chi connectivity index (χ1v) is 13.7. The average molecular weight is 491 g/mol. The minimum Gasteiger partial charge on any atom is -0.326 e. The molecule has 1 aromatic carbocycles. The molecular formula is C24H34N4O5S. The van der Waals surface area contributed by atoms with Gasteiger partial charge in [0.05, 0.1) is 4.90 Å². The molecule has 4 rings (SSSR count). The minimum absolute atomic E-state index is 0.0336. The number of hydrogen-bond donors (Lipinski definition) is 2. The third kappa shape index (κ3) is 4.98. The zero-order chi connectivity index (χ0) is 24.3. The quantitative estimate of drug-likeness (QED) is 0.543. The van der Waals surface area contributed by atoms with E-state index < -0.39 is 15.6 Å². The number of anilines is 1. The van der Waals surface area contributed by atoms with E-state index in [1.165, 1.54) is 21.3 Å². The smallest absolute Gasteiger partial charge is 0.325 e. The summed E-state index contributed by atoms with van der Waals surface area (Å²) in [5, 5.41) is 5.60. The lowest BCUT2D eigenvalue weighted by Gasteiger charge is -2.30. The molecule has 10 heteroatoms. The van der Waals surface area contributed by atoms with E-state index in [1.54, 1.807) is 19.2 Å². The van der Waals surface area contributed by atoms with Crippen LogP contribution in [0, 0.1) is 0 Å². The van der Waals surface area contributed by atoms with Crippen molar-refractivity contribution in [2.45, 2.75) is 87.1 Å². The highest BCUT2D eigenvalue weighted by Crippen LogP contribution is 2.35. The van der Waals surface area contributed by atoms with Crippen LogP contribution in [-0.4, -0.2) is 60.6 Å². The molecule has 0 radical (unpaired) electrons. The second-order valence-corrected chi connectivity index (χ2v) is 11.7. The fourth-order valence-corrected chi connectivity index (χ4v) is 6.75. The Morgan fingerprint density at radius 2 is 1.74 bits per heavy atom. The molecule has 186 valence electrons. The van der Waals surface area contributed by atoms with Crippen molar-refractivity contribution in [2.75, 3.05) is 18.9 Å². The Morgan fingerprint density at radius 3 is 2.38 bits per heavy atom. The van der Waals surface area contributed by atoms with Crippen LogP contribution in [0.3, 0.4) is 0 Å². The van der Waals surface area contributed by atoms with Crippen molar-refractivity contribution in [1.82, 2.24) is 14.5 Å². The highest BCUT2D eigenvalue weighted by atomic mass is 32.2. The van der Waals surface area contributed by atoms with E-state index >= 15 is 0 Å². The van der Waals surface area contributed by atoms with Gasteiger partial charge < -0.3 is 10.6 Å². The van der Waals surface area contributed by atoms with Gasteiger partial charge in [-0.25, -0.2) is 13.2 Å². The van der Waals surface area contributed by atoms with Gasteiger partial charge in [0.1, 0.15) is 5.54 Å². The molecular weight excluding hydrogens is 456 g/mol. The van der Waals surface area contributed by atoms with Crippen molar-refractivity contribution in [3.05, 3.63) is 24.3 Å². The van der Waals surface area contributed by atoms with E-state index in [4.69, 9.17) is 0 Å². The molecule has 3 aliphatic rings. The maximum absolute atomic E-state index is 13.0. The standard InChI is InChI=1S/C24H34N4O5S/c1-27(19-8-3-2-4-9-19)34(32,33)20-13-11-18(12-14-20)25-21(29)10-7-17-28-22(30)24(26-23(28)31)15-5-6-16-24/h11-14,19H,2-10,15-17H2,1H3,(H,25,29)(H,26,31). The van der Waals surface area contributed by atoms with E-state index in [9.17, 15) is 22.8 Å². The summed E-state index contributed by atoms with van der Waals surface area (Å²) in [4.78, 5) is 38.7. The van der Waals surface area contributed by atoms with Crippen molar-refractivity contribution in [2.24, 2.45) is 0 Å². The Balaban J connectivity index is 1.27. The second kappa shape index (κ2) is 10.0. The number of carbonyl (C=O) groups excluding carboxylic acids is 3. The predicted octanol–water partition coefficient (Wildman–Crippen LogP) is 3.22. The lowest BCUT2D eigenvalue weighted by Crippen LogP contribution is -2.44. The highest BCUT2D eigenvalue weighted by molar-refractivity contribution is 7.89. The molecule has 0 bridgehead atoms. The van der Waals surface area contributed by atoms with Gasteiger partial charge >= 0.3 is 6.03 Å². The van der Waals surface area contributed by atoms with Gasteiger partial charge in [0.15, 0.2) is 0 Å². The van der Waals surface area contributed by atoms with E-state index in [-0.39, 0.29) is 41.7 Å². The fraction of sp³-hybridized carbons (Fsp3) is 0.625. The monoisotopic (exact) mass is 490 g/mol. The van der Waals surface area contributed by atoms with Gasteiger partial charge in [-0.05, 0) is 56.4 Å². The first-order valence-electron chi connectivity index (χ1n) is 12.2. The van der Waals surface area contributed by atoms with Crippen LogP contribution in [0.15, 0.2) is 29.2 Å². The normalized spacial score (nSPS) is 20.8. The number of rotatable bonds is 8. The summed E-state index contributed by atoms with van der Waals surface area (Å²) in [5.41, 5.74) is -0.226. The van der Waals surface area contributed by atoms with Crippen LogP contribution in [-0.2, 0) is 19.6 Å². The number of nitrogens with one attached hydrogen (secondary N) is 2. The van der Waals surface area contributed by atoms with Gasteiger partial charge in [-0.1, -0.05) is 32.1 Å². The van der Waals surface area contributed by atoms with Crippen molar-refractivity contribution in [3.63, 3.8) is 0 Å². The number of nitrogens with zero attached hydrogens (tertiary/aromatic N) is 2. The molecule has 0 unspecified atom stereocenters. The van der Waals surface area contributed by atoms with Crippen LogP contribution in [0.1, 0.15) is 70.6 Å². The number of carbonyl (C=O) groups is 3. The Labute approximate surface area is 201 Å². The molecule has 0 aromatic heterocycles. The topological polar surface area (TPSA) is 116 Å². The lowest BCUT2D eigenvalue weighted by atomic mass is 9.96. The van der Waals surface area contributed by atoms with Gasteiger partial charge in [0.25, 0.3) is 5.91 Å². The highest BCUT2D eigenvalue weighted by Gasteiger charge is 2.52. The predicted molar refractivity (Wildman–Crippen MR) is 128 cm³/mol. The van der Waals surface area contributed by atoms with Crippen molar-refractivity contribution in [3.8, 4) is 0 Å². The van der Waals surface area contributed by atoms with Gasteiger partial charge in [-0.2, -0.15) is 4.31 Å². The van der Waals surface area contributed by atoms with Crippen LogP contribution in [0.5, 0.6) is 0 Å². The maximum Gasteiger partial charge on any atom is 0.325 e. The van der Waals surface area contributed by atoms with Crippen LogP contribution in [0.2, 0.25) is 0 Å². The fourth-order valence-electron chi connectivity index (χ4n) is 5.34. The molecule has 0 atom stereocenters. The molecule has 2 aliphatic carbocycles. The summed E-state index contributed by atoms with van der Waals surface area (Å²) in [6, 6.07) is 5.85. The van der Waals surface area contributed by atoms with E-state index in [0.29, 0.717) is 24.9 Å². The maximum atomic E-state index is 13.0. The molecule has 1 spiro atoms. The van der Waals surface area contributed by atoms with Gasteiger partial charge in [0, 0.05) is 31.7 Å². The molecule has 2 N–H and O–H groups in total. The number of urea groups is 1.